The number of amides is 1. The summed E-state index contributed by atoms with van der Waals surface area (Å²) in [6.45, 7) is 7.47. The van der Waals surface area contributed by atoms with Gasteiger partial charge in [-0.2, -0.15) is 0 Å². The lowest BCUT2D eigenvalue weighted by molar-refractivity contribution is -0.172. The summed E-state index contributed by atoms with van der Waals surface area (Å²) in [7, 11) is 1.31. The molecule has 7 nitrogen and oxygen atoms in total. The van der Waals surface area contributed by atoms with Gasteiger partial charge in [-0.05, 0) is 83.1 Å². The lowest BCUT2D eigenvalue weighted by atomic mass is 9.92. The van der Waals surface area contributed by atoms with Gasteiger partial charge in [0.15, 0.2) is 0 Å². The van der Waals surface area contributed by atoms with Crippen molar-refractivity contribution in [3.8, 4) is 0 Å². The topological polar surface area (TPSA) is 82.1 Å². The van der Waals surface area contributed by atoms with Crippen molar-refractivity contribution in [2.45, 2.75) is 103 Å². The first kappa shape index (κ1) is 33.7. The molecule has 0 bridgehead atoms. The molecule has 43 heavy (non-hydrogen) atoms. The van der Waals surface area contributed by atoms with Crippen LogP contribution in [0.4, 0.5) is 13.6 Å². The Balaban J connectivity index is 1.86. The van der Waals surface area contributed by atoms with Crippen molar-refractivity contribution in [2.24, 2.45) is 0 Å². The number of hydrogen-bond acceptors (Lipinski definition) is 6. The minimum absolute atomic E-state index is 0.0755. The summed E-state index contributed by atoms with van der Waals surface area (Å²) >= 11 is 0. The standard InChI is InChI=1S/C34H43F2NO6/c1-33(2,3)43-32(40)37(6)28(21-34(4,5)36)30(38)42-29(31(39)41-22-23-13-9-7-10-14-23)20-24-17-18-26(27(35)19-24)25-15-11-8-12-16-25/h7,9-10,13-15,17-19,28-29H,8,11-12,16,20-22H2,1-6H3/t28-,29+/m0/s1. The third-order valence-electron chi connectivity index (χ3n) is 6.94. The molecule has 0 radical (unpaired) electrons. The Labute approximate surface area is 253 Å². The molecular weight excluding hydrogens is 556 g/mol. The molecule has 2 atom stereocenters. The third-order valence-corrected chi connectivity index (χ3v) is 6.94. The van der Waals surface area contributed by atoms with Crippen LogP contribution in [-0.4, -0.2) is 53.4 Å². The number of likely N-dealkylation sites (N-methyl/N-ethyl adjacent to an activating group) is 1. The van der Waals surface area contributed by atoms with Gasteiger partial charge in [0.2, 0.25) is 6.10 Å². The number of carbonyl (C=O) groups excluding carboxylic acids is 3. The first-order chi connectivity index (χ1) is 20.1. The van der Waals surface area contributed by atoms with E-state index >= 15 is 4.39 Å². The number of allylic oxidation sites excluding steroid dienone is 2. The molecule has 0 N–H and O–H groups in total. The van der Waals surface area contributed by atoms with Crippen LogP contribution in [0, 0.1) is 5.82 Å². The van der Waals surface area contributed by atoms with E-state index in [0.29, 0.717) is 11.1 Å². The molecular formula is C34H43F2NO6. The number of esters is 2. The summed E-state index contributed by atoms with van der Waals surface area (Å²) in [6.07, 6.45) is 2.88. The highest BCUT2D eigenvalue weighted by atomic mass is 19.1. The van der Waals surface area contributed by atoms with Crippen molar-refractivity contribution in [1.82, 2.24) is 4.90 Å². The molecule has 1 amide bonds. The average molecular weight is 600 g/mol. The van der Waals surface area contributed by atoms with Crippen LogP contribution in [0.15, 0.2) is 54.6 Å². The Morgan fingerprint density at radius 1 is 0.953 bits per heavy atom. The molecule has 2 aromatic carbocycles. The van der Waals surface area contributed by atoms with Crippen LogP contribution in [0.3, 0.4) is 0 Å². The van der Waals surface area contributed by atoms with E-state index in [1.165, 1.54) is 27.0 Å². The van der Waals surface area contributed by atoms with Gasteiger partial charge in [-0.3, -0.25) is 4.90 Å². The van der Waals surface area contributed by atoms with Crippen molar-refractivity contribution in [3.05, 3.63) is 77.1 Å². The van der Waals surface area contributed by atoms with Gasteiger partial charge in [0.1, 0.15) is 29.7 Å². The summed E-state index contributed by atoms with van der Waals surface area (Å²) < 4.78 is 46.5. The fourth-order valence-electron chi connectivity index (χ4n) is 4.76. The van der Waals surface area contributed by atoms with Crippen LogP contribution in [-0.2, 0) is 36.8 Å². The molecule has 3 rings (SSSR count). The van der Waals surface area contributed by atoms with E-state index in [0.717, 1.165) is 41.7 Å². The van der Waals surface area contributed by atoms with E-state index in [2.05, 4.69) is 0 Å². The van der Waals surface area contributed by atoms with Gasteiger partial charge in [-0.25, -0.2) is 23.2 Å². The molecule has 0 saturated carbocycles. The fourth-order valence-corrected chi connectivity index (χ4v) is 4.76. The minimum Gasteiger partial charge on any atom is -0.458 e. The molecule has 234 valence electrons. The van der Waals surface area contributed by atoms with Crippen LogP contribution >= 0.6 is 0 Å². The predicted molar refractivity (Wildman–Crippen MR) is 160 cm³/mol. The highest BCUT2D eigenvalue weighted by Crippen LogP contribution is 2.29. The van der Waals surface area contributed by atoms with Gasteiger partial charge >= 0.3 is 18.0 Å². The van der Waals surface area contributed by atoms with Crippen molar-refractivity contribution in [3.63, 3.8) is 0 Å². The van der Waals surface area contributed by atoms with Crippen LogP contribution in [0.2, 0.25) is 0 Å². The maximum Gasteiger partial charge on any atom is 0.410 e. The lowest BCUT2D eigenvalue weighted by Gasteiger charge is -2.32. The Morgan fingerprint density at radius 2 is 1.65 bits per heavy atom. The molecule has 0 unspecified atom stereocenters. The van der Waals surface area contributed by atoms with Gasteiger partial charge in [0.05, 0.1) is 0 Å². The zero-order chi connectivity index (χ0) is 31.8. The molecule has 0 saturated heterocycles. The Morgan fingerprint density at radius 3 is 2.23 bits per heavy atom. The second-order valence-electron chi connectivity index (χ2n) is 12.5. The summed E-state index contributed by atoms with van der Waals surface area (Å²) in [5.41, 5.74) is -0.140. The summed E-state index contributed by atoms with van der Waals surface area (Å²) in [4.78, 5) is 40.5. The van der Waals surface area contributed by atoms with Gasteiger partial charge in [-0.15, -0.1) is 0 Å². The number of hydrogen-bond donors (Lipinski definition) is 0. The molecule has 0 spiro atoms. The molecule has 9 heteroatoms. The van der Waals surface area contributed by atoms with Gasteiger partial charge in [-0.1, -0.05) is 48.5 Å². The van der Waals surface area contributed by atoms with Gasteiger partial charge in [0, 0.05) is 25.5 Å². The first-order valence-electron chi connectivity index (χ1n) is 14.7. The minimum atomic E-state index is -1.87. The Bertz CT molecular complexity index is 1300. The highest BCUT2D eigenvalue weighted by molar-refractivity contribution is 5.85. The zero-order valence-electron chi connectivity index (χ0n) is 26.0. The number of halogens is 2. The third kappa shape index (κ3) is 10.8. The molecule has 1 aliphatic rings. The summed E-state index contributed by atoms with van der Waals surface area (Å²) in [6, 6.07) is 12.2. The van der Waals surface area contributed by atoms with E-state index in [9.17, 15) is 18.8 Å². The van der Waals surface area contributed by atoms with Crippen LogP contribution < -0.4 is 0 Å². The summed E-state index contributed by atoms with van der Waals surface area (Å²) in [5, 5.41) is 0. The van der Waals surface area contributed by atoms with Crippen molar-refractivity contribution >= 4 is 23.6 Å². The van der Waals surface area contributed by atoms with E-state index in [1.807, 2.05) is 12.1 Å². The smallest absolute Gasteiger partial charge is 0.410 e. The average Bonchev–Trinajstić information content (AvgIpc) is 2.93. The second kappa shape index (κ2) is 14.6. The predicted octanol–water partition coefficient (Wildman–Crippen LogP) is 7.35. The van der Waals surface area contributed by atoms with E-state index in [1.54, 1.807) is 57.2 Å². The molecule has 0 heterocycles. The number of ether oxygens (including phenoxy) is 3. The summed E-state index contributed by atoms with van der Waals surface area (Å²) in [5.74, 6) is -2.30. The molecule has 0 aromatic heterocycles. The van der Waals surface area contributed by atoms with Crippen LogP contribution in [0.25, 0.3) is 5.57 Å². The van der Waals surface area contributed by atoms with Crippen molar-refractivity contribution in [2.75, 3.05) is 7.05 Å². The quantitative estimate of drug-likeness (QED) is 0.198. The van der Waals surface area contributed by atoms with E-state index < -0.39 is 53.7 Å². The normalized spacial score (nSPS) is 15.1. The first-order valence-corrected chi connectivity index (χ1v) is 14.7. The largest absolute Gasteiger partial charge is 0.458 e. The zero-order valence-corrected chi connectivity index (χ0v) is 26.0. The molecule has 2 aromatic rings. The number of benzene rings is 2. The maximum absolute atomic E-state index is 15.2. The SMILES string of the molecule is CN(C(=O)OC(C)(C)C)[C@@H](CC(C)(C)F)C(=O)O[C@H](Cc1ccc(C2=CCCCC2)c(F)c1)C(=O)OCc1ccccc1. The maximum atomic E-state index is 15.2. The van der Waals surface area contributed by atoms with Gasteiger partial charge in [0.25, 0.3) is 0 Å². The highest BCUT2D eigenvalue weighted by Gasteiger charge is 2.38. The Hall–Kier alpha value is -3.75. The van der Waals surface area contributed by atoms with E-state index in [-0.39, 0.29) is 13.0 Å². The van der Waals surface area contributed by atoms with Crippen LogP contribution in [0.1, 0.15) is 83.4 Å². The number of rotatable bonds is 11. The molecule has 0 fully saturated rings. The molecule has 0 aliphatic heterocycles. The second-order valence-corrected chi connectivity index (χ2v) is 12.5. The van der Waals surface area contributed by atoms with E-state index in [4.69, 9.17) is 14.2 Å². The number of nitrogens with zero attached hydrogens (tertiary/aromatic N) is 1. The molecule has 1 aliphatic carbocycles. The fraction of sp³-hybridized carbons (Fsp3) is 0.500. The number of alkyl halides is 1. The van der Waals surface area contributed by atoms with Crippen molar-refractivity contribution in [1.29, 1.82) is 0 Å². The monoisotopic (exact) mass is 599 g/mol. The lowest BCUT2D eigenvalue weighted by Crippen LogP contribution is -2.49. The van der Waals surface area contributed by atoms with Crippen LogP contribution in [0.5, 0.6) is 0 Å². The number of carbonyl (C=O) groups is 3. The van der Waals surface area contributed by atoms with Crippen molar-refractivity contribution < 1.29 is 37.4 Å². The Kier molecular flexibility index (Phi) is 11.5. The van der Waals surface area contributed by atoms with Gasteiger partial charge < -0.3 is 14.2 Å².